The van der Waals surface area contributed by atoms with E-state index in [0.717, 1.165) is 16.9 Å². The third-order valence-electron chi connectivity index (χ3n) is 4.58. The highest BCUT2D eigenvalue weighted by Gasteiger charge is 2.11. The molecule has 0 aliphatic heterocycles. The summed E-state index contributed by atoms with van der Waals surface area (Å²) in [5.41, 5.74) is 1.96. The molecule has 3 heterocycles. The van der Waals surface area contributed by atoms with Crippen LogP contribution >= 0.6 is 0 Å². The molecule has 1 amide bonds. The number of rotatable bonds is 9. The van der Waals surface area contributed by atoms with Crippen LogP contribution in [0.2, 0.25) is 0 Å². The van der Waals surface area contributed by atoms with Crippen LogP contribution in [-0.2, 0) is 17.8 Å². The van der Waals surface area contributed by atoms with Crippen molar-refractivity contribution < 1.29 is 13.9 Å². The van der Waals surface area contributed by atoms with Crippen molar-refractivity contribution in [2.24, 2.45) is 0 Å². The maximum Gasteiger partial charge on any atom is 0.225 e. The second-order valence-electron chi connectivity index (χ2n) is 6.88. The highest BCUT2D eigenvalue weighted by atomic mass is 16.5. The van der Waals surface area contributed by atoms with Crippen molar-refractivity contribution in [1.29, 1.82) is 0 Å². The van der Waals surface area contributed by atoms with E-state index in [4.69, 9.17) is 9.15 Å². The van der Waals surface area contributed by atoms with Crippen LogP contribution in [0.4, 0.5) is 5.82 Å². The molecule has 7 nitrogen and oxygen atoms in total. The summed E-state index contributed by atoms with van der Waals surface area (Å²) in [6.07, 6.45) is 8.26. The first-order valence-electron chi connectivity index (χ1n) is 10.0. The van der Waals surface area contributed by atoms with Crippen molar-refractivity contribution in [3.05, 3.63) is 90.8 Å². The summed E-state index contributed by atoms with van der Waals surface area (Å²) in [7, 11) is 0. The molecule has 0 saturated carbocycles. The summed E-state index contributed by atoms with van der Waals surface area (Å²) in [5, 5.41) is 2.83. The molecule has 0 aliphatic rings. The summed E-state index contributed by atoms with van der Waals surface area (Å²) >= 11 is 0. The average molecular weight is 414 g/mol. The van der Waals surface area contributed by atoms with Crippen molar-refractivity contribution >= 4 is 11.7 Å². The van der Waals surface area contributed by atoms with E-state index >= 15 is 0 Å². The molecule has 4 aromatic rings. The summed E-state index contributed by atoms with van der Waals surface area (Å²) in [5.74, 6) is 2.13. The number of nitrogens with one attached hydrogen (secondary N) is 1. The summed E-state index contributed by atoms with van der Waals surface area (Å²) < 4.78 is 11.6. The standard InChI is InChI=1S/C24H22N4O3/c29-22(9-4-10-23-27-16-21(31-23)19-6-2-1-3-7-19)28-24-20(8-5-13-26-24)30-17-18-11-14-25-15-12-18/h1-3,5-8,11-16H,4,9-10,17H2,(H,26,28,29). The number of oxazole rings is 1. The van der Waals surface area contributed by atoms with Gasteiger partial charge in [-0.1, -0.05) is 30.3 Å². The number of aryl methyl sites for hydroxylation is 1. The Labute approximate surface area is 180 Å². The number of hydrogen-bond acceptors (Lipinski definition) is 6. The lowest BCUT2D eigenvalue weighted by molar-refractivity contribution is -0.116. The molecule has 0 atom stereocenters. The van der Waals surface area contributed by atoms with E-state index in [1.807, 2.05) is 42.5 Å². The van der Waals surface area contributed by atoms with Gasteiger partial charge in [-0.05, 0) is 36.2 Å². The van der Waals surface area contributed by atoms with Crippen LogP contribution in [0, 0.1) is 0 Å². The first-order valence-corrected chi connectivity index (χ1v) is 10.0. The van der Waals surface area contributed by atoms with Crippen LogP contribution in [0.15, 0.2) is 83.8 Å². The lowest BCUT2D eigenvalue weighted by Gasteiger charge is -2.11. The Balaban J connectivity index is 1.27. The van der Waals surface area contributed by atoms with Gasteiger partial charge in [-0.25, -0.2) is 9.97 Å². The molecule has 0 unspecified atom stereocenters. The first kappa shape index (κ1) is 20.3. The number of amides is 1. The van der Waals surface area contributed by atoms with Gasteiger partial charge in [-0.3, -0.25) is 9.78 Å². The molecule has 31 heavy (non-hydrogen) atoms. The van der Waals surface area contributed by atoms with E-state index < -0.39 is 0 Å². The molecular weight excluding hydrogens is 392 g/mol. The molecule has 1 aromatic carbocycles. The van der Waals surface area contributed by atoms with Crippen molar-refractivity contribution in [3.8, 4) is 17.1 Å². The Bertz CT molecular complexity index is 1110. The topological polar surface area (TPSA) is 90.1 Å². The monoisotopic (exact) mass is 414 g/mol. The van der Waals surface area contributed by atoms with E-state index in [1.165, 1.54) is 0 Å². The van der Waals surface area contributed by atoms with Gasteiger partial charge in [0.15, 0.2) is 23.2 Å². The summed E-state index contributed by atoms with van der Waals surface area (Å²) in [6.45, 7) is 0.366. The Morgan fingerprint density at radius 1 is 0.968 bits per heavy atom. The molecular formula is C24H22N4O3. The number of aromatic nitrogens is 3. The molecule has 7 heteroatoms. The third-order valence-corrected chi connectivity index (χ3v) is 4.58. The number of carbonyl (C=O) groups is 1. The predicted molar refractivity (Wildman–Crippen MR) is 116 cm³/mol. The molecule has 0 spiro atoms. The summed E-state index contributed by atoms with van der Waals surface area (Å²) in [4.78, 5) is 24.9. The fourth-order valence-corrected chi connectivity index (χ4v) is 3.00. The van der Waals surface area contributed by atoms with Crippen molar-refractivity contribution in [2.75, 3.05) is 5.32 Å². The SMILES string of the molecule is O=C(CCCc1ncc(-c2ccccc2)o1)Nc1ncccc1OCc1ccncc1. The van der Waals surface area contributed by atoms with Gasteiger partial charge >= 0.3 is 0 Å². The van der Waals surface area contributed by atoms with Crippen molar-refractivity contribution in [3.63, 3.8) is 0 Å². The quantitative estimate of drug-likeness (QED) is 0.428. The van der Waals surface area contributed by atoms with Crippen molar-refractivity contribution in [1.82, 2.24) is 15.0 Å². The molecule has 156 valence electrons. The maximum atomic E-state index is 12.4. The highest BCUT2D eigenvalue weighted by Crippen LogP contribution is 2.23. The number of ether oxygens (including phenoxy) is 1. The normalized spacial score (nSPS) is 10.6. The zero-order valence-corrected chi connectivity index (χ0v) is 16.9. The fraction of sp³-hybridized carbons (Fsp3) is 0.167. The Kier molecular flexibility index (Phi) is 6.64. The van der Waals surface area contributed by atoms with Crippen LogP contribution in [0.3, 0.4) is 0 Å². The Hall–Kier alpha value is -4.00. The maximum absolute atomic E-state index is 12.4. The zero-order chi connectivity index (χ0) is 21.3. The highest BCUT2D eigenvalue weighted by molar-refractivity contribution is 5.91. The van der Waals surface area contributed by atoms with Crippen LogP contribution in [0.25, 0.3) is 11.3 Å². The van der Waals surface area contributed by atoms with Crippen LogP contribution < -0.4 is 10.1 Å². The van der Waals surface area contributed by atoms with Gasteiger partial charge in [0.2, 0.25) is 5.91 Å². The van der Waals surface area contributed by atoms with Gasteiger partial charge in [0.1, 0.15) is 6.61 Å². The van der Waals surface area contributed by atoms with E-state index in [0.29, 0.717) is 43.3 Å². The minimum Gasteiger partial charge on any atom is -0.485 e. The average Bonchev–Trinajstić information content (AvgIpc) is 3.29. The van der Waals surface area contributed by atoms with E-state index in [1.54, 1.807) is 36.9 Å². The molecule has 3 aromatic heterocycles. The van der Waals surface area contributed by atoms with Crippen molar-refractivity contribution in [2.45, 2.75) is 25.9 Å². The van der Waals surface area contributed by atoms with E-state index in [2.05, 4.69) is 20.3 Å². The number of hydrogen-bond donors (Lipinski definition) is 1. The summed E-state index contributed by atoms with van der Waals surface area (Å²) in [6, 6.07) is 17.1. The molecule has 1 N–H and O–H groups in total. The van der Waals surface area contributed by atoms with Gasteiger partial charge in [-0.2, -0.15) is 0 Å². The van der Waals surface area contributed by atoms with Crippen LogP contribution in [0.1, 0.15) is 24.3 Å². The van der Waals surface area contributed by atoms with Gasteiger partial charge in [0.05, 0.1) is 6.20 Å². The largest absolute Gasteiger partial charge is 0.485 e. The van der Waals surface area contributed by atoms with E-state index in [9.17, 15) is 4.79 Å². The number of benzene rings is 1. The van der Waals surface area contributed by atoms with Gasteiger partial charge in [0, 0.05) is 37.0 Å². The second kappa shape index (κ2) is 10.2. The lowest BCUT2D eigenvalue weighted by Crippen LogP contribution is -2.14. The molecule has 0 fully saturated rings. The lowest BCUT2D eigenvalue weighted by atomic mass is 10.2. The van der Waals surface area contributed by atoms with Crippen LogP contribution in [-0.4, -0.2) is 20.9 Å². The second-order valence-corrected chi connectivity index (χ2v) is 6.88. The molecule has 0 radical (unpaired) electrons. The zero-order valence-electron chi connectivity index (χ0n) is 16.9. The van der Waals surface area contributed by atoms with E-state index in [-0.39, 0.29) is 5.91 Å². The first-order chi connectivity index (χ1) is 15.3. The number of carbonyl (C=O) groups excluding carboxylic acids is 1. The number of pyridine rings is 2. The fourth-order valence-electron chi connectivity index (χ4n) is 3.00. The number of anilines is 1. The molecule has 4 rings (SSSR count). The molecule has 0 bridgehead atoms. The van der Waals surface area contributed by atoms with Gasteiger partial charge in [-0.15, -0.1) is 0 Å². The van der Waals surface area contributed by atoms with Gasteiger partial charge < -0.3 is 14.5 Å². The Morgan fingerprint density at radius 2 is 1.81 bits per heavy atom. The smallest absolute Gasteiger partial charge is 0.225 e. The Morgan fingerprint density at radius 3 is 2.65 bits per heavy atom. The van der Waals surface area contributed by atoms with Gasteiger partial charge in [0.25, 0.3) is 0 Å². The predicted octanol–water partition coefficient (Wildman–Crippen LogP) is 4.67. The van der Waals surface area contributed by atoms with Crippen LogP contribution in [0.5, 0.6) is 5.75 Å². The number of nitrogens with zero attached hydrogens (tertiary/aromatic N) is 3. The third kappa shape index (κ3) is 5.76. The molecule has 0 aliphatic carbocycles. The minimum atomic E-state index is -0.137. The molecule has 0 saturated heterocycles. The minimum absolute atomic E-state index is 0.137.